The highest BCUT2D eigenvalue weighted by Crippen LogP contribution is 2.14. The molecule has 1 aliphatic rings. The molecule has 0 spiro atoms. The lowest BCUT2D eigenvalue weighted by Crippen LogP contribution is -2.48. The molecule has 16 heavy (non-hydrogen) atoms. The minimum atomic E-state index is 0.104. The van der Waals surface area contributed by atoms with E-state index in [0.717, 1.165) is 32.6 Å². The summed E-state index contributed by atoms with van der Waals surface area (Å²) in [4.78, 5) is 14.1. The first-order valence-electron chi connectivity index (χ1n) is 5.78. The van der Waals surface area contributed by atoms with E-state index in [1.807, 2.05) is 11.8 Å². The van der Waals surface area contributed by atoms with Crippen LogP contribution in [0.5, 0.6) is 0 Å². The highest BCUT2D eigenvalue weighted by molar-refractivity contribution is 7.07. The fourth-order valence-corrected chi connectivity index (χ4v) is 2.73. The Labute approximate surface area is 100 Å². The summed E-state index contributed by atoms with van der Waals surface area (Å²) in [5.41, 5.74) is 1.28. The molecule has 4 heteroatoms. The number of carbonyl (C=O) groups is 1. The number of piperazine rings is 1. The van der Waals surface area contributed by atoms with Crippen molar-refractivity contribution >= 4 is 17.2 Å². The summed E-state index contributed by atoms with van der Waals surface area (Å²) >= 11 is 1.69. The van der Waals surface area contributed by atoms with Crippen molar-refractivity contribution in [2.75, 3.05) is 26.2 Å². The van der Waals surface area contributed by atoms with Gasteiger partial charge in [0.2, 0.25) is 5.91 Å². The third-order valence-corrected chi connectivity index (χ3v) is 3.70. The number of hydrogen-bond donors (Lipinski definition) is 1. The Morgan fingerprint density at radius 1 is 1.56 bits per heavy atom. The van der Waals surface area contributed by atoms with Crippen molar-refractivity contribution in [2.24, 2.45) is 5.92 Å². The highest BCUT2D eigenvalue weighted by Gasteiger charge is 2.21. The van der Waals surface area contributed by atoms with Crippen molar-refractivity contribution in [3.05, 3.63) is 22.4 Å². The van der Waals surface area contributed by atoms with Crippen LogP contribution in [-0.4, -0.2) is 37.0 Å². The van der Waals surface area contributed by atoms with Crippen LogP contribution in [0.2, 0.25) is 0 Å². The van der Waals surface area contributed by atoms with E-state index in [-0.39, 0.29) is 5.92 Å². The number of nitrogens with one attached hydrogen (secondary N) is 1. The van der Waals surface area contributed by atoms with Gasteiger partial charge in [-0.2, -0.15) is 11.3 Å². The molecule has 1 saturated heterocycles. The van der Waals surface area contributed by atoms with Gasteiger partial charge in [-0.25, -0.2) is 0 Å². The van der Waals surface area contributed by atoms with Crippen molar-refractivity contribution in [2.45, 2.75) is 13.3 Å². The van der Waals surface area contributed by atoms with E-state index in [2.05, 4.69) is 22.1 Å². The summed E-state index contributed by atoms with van der Waals surface area (Å²) in [6.07, 6.45) is 0.867. The summed E-state index contributed by atoms with van der Waals surface area (Å²) in [5, 5.41) is 7.46. The molecule has 1 N–H and O–H groups in total. The summed E-state index contributed by atoms with van der Waals surface area (Å²) < 4.78 is 0. The molecular formula is C12H18N2OS. The Kier molecular flexibility index (Phi) is 3.96. The van der Waals surface area contributed by atoms with Gasteiger partial charge in [0.25, 0.3) is 0 Å². The molecule has 2 heterocycles. The zero-order chi connectivity index (χ0) is 11.4. The molecule has 1 aliphatic heterocycles. The molecule has 1 aromatic rings. The second-order valence-electron chi connectivity index (χ2n) is 4.31. The average Bonchev–Trinajstić information content (AvgIpc) is 2.82. The molecule has 88 valence electrons. The Morgan fingerprint density at radius 2 is 2.31 bits per heavy atom. The van der Waals surface area contributed by atoms with Crippen LogP contribution in [0, 0.1) is 5.92 Å². The van der Waals surface area contributed by atoms with Crippen molar-refractivity contribution in [3.63, 3.8) is 0 Å². The molecule has 1 aromatic heterocycles. The lowest BCUT2D eigenvalue weighted by molar-refractivity contribution is -0.135. The topological polar surface area (TPSA) is 32.3 Å². The van der Waals surface area contributed by atoms with Crippen LogP contribution < -0.4 is 5.32 Å². The van der Waals surface area contributed by atoms with Crippen LogP contribution in [-0.2, 0) is 11.2 Å². The summed E-state index contributed by atoms with van der Waals surface area (Å²) in [7, 11) is 0. The largest absolute Gasteiger partial charge is 0.340 e. The predicted octanol–water partition coefficient (Wildman–Crippen LogP) is 1.36. The Balaban J connectivity index is 1.88. The number of amides is 1. The summed E-state index contributed by atoms with van der Waals surface area (Å²) in [6, 6.07) is 2.10. The van der Waals surface area contributed by atoms with Gasteiger partial charge in [0, 0.05) is 32.1 Å². The van der Waals surface area contributed by atoms with E-state index in [4.69, 9.17) is 0 Å². The van der Waals surface area contributed by atoms with Crippen LogP contribution in [0.25, 0.3) is 0 Å². The molecule has 0 aromatic carbocycles. The quantitative estimate of drug-likeness (QED) is 0.862. The maximum atomic E-state index is 12.1. The molecule has 1 unspecified atom stereocenters. The zero-order valence-electron chi connectivity index (χ0n) is 9.61. The Hall–Kier alpha value is -0.870. The van der Waals surface area contributed by atoms with Crippen LogP contribution in [0.1, 0.15) is 12.5 Å². The molecule has 0 saturated carbocycles. The van der Waals surface area contributed by atoms with Gasteiger partial charge in [0.15, 0.2) is 0 Å². The lowest BCUT2D eigenvalue weighted by atomic mass is 10.0. The van der Waals surface area contributed by atoms with E-state index in [1.54, 1.807) is 11.3 Å². The summed E-state index contributed by atoms with van der Waals surface area (Å²) in [5.74, 6) is 0.403. The van der Waals surface area contributed by atoms with E-state index < -0.39 is 0 Å². The van der Waals surface area contributed by atoms with Gasteiger partial charge < -0.3 is 10.2 Å². The molecular weight excluding hydrogens is 220 g/mol. The van der Waals surface area contributed by atoms with Gasteiger partial charge in [-0.05, 0) is 28.8 Å². The standard InChI is InChI=1S/C12H18N2OS/c1-10(8-11-2-7-16-9-11)12(15)14-5-3-13-4-6-14/h2,7,9-10,13H,3-6,8H2,1H3. The van der Waals surface area contributed by atoms with Gasteiger partial charge >= 0.3 is 0 Å². The van der Waals surface area contributed by atoms with E-state index in [0.29, 0.717) is 5.91 Å². The zero-order valence-corrected chi connectivity index (χ0v) is 10.4. The maximum Gasteiger partial charge on any atom is 0.225 e. The van der Waals surface area contributed by atoms with Gasteiger partial charge in [0.1, 0.15) is 0 Å². The number of hydrogen-bond acceptors (Lipinski definition) is 3. The first-order chi connectivity index (χ1) is 7.77. The fourth-order valence-electron chi connectivity index (χ4n) is 2.05. The number of thiophene rings is 1. The molecule has 1 amide bonds. The van der Waals surface area contributed by atoms with Crippen LogP contribution in [0.15, 0.2) is 16.8 Å². The third kappa shape index (κ3) is 2.83. The molecule has 3 nitrogen and oxygen atoms in total. The minimum Gasteiger partial charge on any atom is -0.340 e. The molecule has 0 bridgehead atoms. The third-order valence-electron chi connectivity index (χ3n) is 2.97. The summed E-state index contributed by atoms with van der Waals surface area (Å²) in [6.45, 7) is 5.59. The number of nitrogens with zero attached hydrogens (tertiary/aromatic N) is 1. The number of carbonyl (C=O) groups excluding carboxylic acids is 1. The van der Waals surface area contributed by atoms with Crippen molar-refractivity contribution in [1.82, 2.24) is 10.2 Å². The van der Waals surface area contributed by atoms with Gasteiger partial charge in [-0.3, -0.25) is 4.79 Å². The fraction of sp³-hybridized carbons (Fsp3) is 0.583. The lowest BCUT2D eigenvalue weighted by Gasteiger charge is -2.29. The van der Waals surface area contributed by atoms with E-state index in [1.165, 1.54) is 5.56 Å². The molecule has 1 fully saturated rings. The first kappa shape index (κ1) is 11.6. The molecule has 1 atom stereocenters. The van der Waals surface area contributed by atoms with Gasteiger partial charge in [-0.1, -0.05) is 6.92 Å². The van der Waals surface area contributed by atoms with Crippen LogP contribution in [0.4, 0.5) is 0 Å². The second-order valence-corrected chi connectivity index (χ2v) is 5.09. The Bertz CT molecular complexity index is 331. The Morgan fingerprint density at radius 3 is 2.94 bits per heavy atom. The highest BCUT2D eigenvalue weighted by atomic mass is 32.1. The van der Waals surface area contributed by atoms with Crippen molar-refractivity contribution < 1.29 is 4.79 Å². The van der Waals surface area contributed by atoms with E-state index >= 15 is 0 Å². The monoisotopic (exact) mass is 238 g/mol. The van der Waals surface area contributed by atoms with Crippen molar-refractivity contribution in [3.8, 4) is 0 Å². The normalized spacial score (nSPS) is 18.4. The number of rotatable bonds is 3. The first-order valence-corrected chi connectivity index (χ1v) is 6.72. The van der Waals surface area contributed by atoms with Crippen LogP contribution in [0.3, 0.4) is 0 Å². The van der Waals surface area contributed by atoms with Crippen molar-refractivity contribution in [1.29, 1.82) is 0 Å². The predicted molar refractivity (Wildman–Crippen MR) is 66.6 cm³/mol. The second kappa shape index (κ2) is 5.46. The van der Waals surface area contributed by atoms with Crippen LogP contribution >= 0.6 is 11.3 Å². The SMILES string of the molecule is CC(Cc1ccsc1)C(=O)N1CCNCC1. The van der Waals surface area contributed by atoms with Gasteiger partial charge in [0.05, 0.1) is 0 Å². The molecule has 0 aliphatic carbocycles. The minimum absolute atomic E-state index is 0.104. The maximum absolute atomic E-state index is 12.1. The van der Waals surface area contributed by atoms with E-state index in [9.17, 15) is 4.79 Å². The molecule has 2 rings (SSSR count). The molecule has 0 radical (unpaired) electrons. The smallest absolute Gasteiger partial charge is 0.225 e. The average molecular weight is 238 g/mol. The van der Waals surface area contributed by atoms with Gasteiger partial charge in [-0.15, -0.1) is 0 Å².